The molecule has 0 N–H and O–H groups in total. The molecule has 0 amide bonds. The van der Waals surface area contributed by atoms with E-state index in [0.29, 0.717) is 0 Å². The highest BCUT2D eigenvalue weighted by Crippen LogP contribution is 1.82. The van der Waals surface area contributed by atoms with Crippen molar-refractivity contribution in [2.45, 2.75) is 13.1 Å². The second-order valence-corrected chi connectivity index (χ2v) is 5.51. The Labute approximate surface area is 58.0 Å². The molecule has 0 saturated carbocycles. The minimum absolute atomic E-state index is 0.0583. The molecule has 0 aliphatic carbocycles. The van der Waals surface area contributed by atoms with E-state index in [1.54, 1.807) is 0 Å². The van der Waals surface area contributed by atoms with Crippen molar-refractivity contribution in [3.8, 4) is 0 Å². The Balaban J connectivity index is 3.38. The molecular weight excluding hydrogens is 152 g/mol. The zero-order valence-corrected chi connectivity index (χ0v) is 7.90. The van der Waals surface area contributed by atoms with Gasteiger partial charge in [-0.25, -0.2) is 0 Å². The fourth-order valence-corrected chi connectivity index (χ4v) is 1.14. The number of hydrogen-bond donors (Lipinski definition) is 0. The molecule has 0 aliphatic heterocycles. The first-order chi connectivity index (χ1) is 4.18. The van der Waals surface area contributed by atoms with Gasteiger partial charge in [-0.2, -0.15) is 0 Å². The highest BCUT2D eigenvalue weighted by molar-refractivity contribution is 6.88. The van der Waals surface area contributed by atoms with E-state index in [9.17, 15) is 9.26 Å². The Morgan fingerprint density at radius 2 is 2.22 bits per heavy atom. The molecule has 0 aromatic rings. The third-order valence-corrected chi connectivity index (χ3v) is 2.69. The quantitative estimate of drug-likeness (QED) is 0.513. The number of carbonyl (C=O) groups is 1. The van der Waals surface area contributed by atoms with Gasteiger partial charge in [0.05, 0.1) is 0 Å². The van der Waals surface area contributed by atoms with Gasteiger partial charge < -0.3 is 13.7 Å². The molecule has 0 atom stereocenters. The van der Waals surface area contributed by atoms with Crippen LogP contribution in [0.15, 0.2) is 0 Å². The van der Waals surface area contributed by atoms with E-state index < -0.39 is 18.4 Å². The molecule has 0 spiro atoms. The van der Waals surface area contributed by atoms with Crippen LogP contribution in [0.25, 0.3) is 0 Å². The van der Waals surface area contributed by atoms with Crippen molar-refractivity contribution in [1.29, 1.82) is 0 Å². The van der Waals surface area contributed by atoms with Crippen molar-refractivity contribution >= 4 is 23.9 Å². The Hall–Kier alpha value is -0.296. The molecule has 0 fully saturated rings. The lowest BCUT2D eigenvalue weighted by Crippen LogP contribution is -2.22. The largest absolute Gasteiger partial charge is 0.519 e. The highest BCUT2D eigenvalue weighted by atomic mass is 28.3. The summed E-state index contributed by atoms with van der Waals surface area (Å²) in [7, 11) is -2.39. The van der Waals surface area contributed by atoms with Gasteiger partial charge in [-0.3, -0.25) is 0 Å². The van der Waals surface area contributed by atoms with Crippen molar-refractivity contribution in [2.24, 2.45) is 0 Å². The monoisotopic (exact) mass is 162 g/mol. The average Bonchev–Trinajstić information content (AvgIpc) is 1.82. The summed E-state index contributed by atoms with van der Waals surface area (Å²) in [6, 6.07) is 0. The average molecular weight is 162 g/mol. The van der Waals surface area contributed by atoms with Crippen molar-refractivity contribution in [3.63, 3.8) is 0 Å². The van der Waals surface area contributed by atoms with Crippen LogP contribution < -0.4 is 0 Å². The Morgan fingerprint density at radius 1 is 1.67 bits per heavy atom. The summed E-state index contributed by atoms with van der Waals surface area (Å²) in [6.45, 7) is 3.90. The Kier molecular flexibility index (Phi) is 4.42. The van der Waals surface area contributed by atoms with Gasteiger partial charge in [-0.1, -0.05) is 13.1 Å². The maximum Gasteiger partial charge on any atom is 0.487 e. The van der Waals surface area contributed by atoms with Gasteiger partial charge in [0.2, 0.25) is 0 Å². The number of rotatable bonds is 4. The van der Waals surface area contributed by atoms with Gasteiger partial charge in [0.15, 0.2) is 0 Å². The van der Waals surface area contributed by atoms with E-state index in [1.807, 2.05) is 13.1 Å². The molecule has 52 valence electrons. The van der Waals surface area contributed by atoms with Crippen molar-refractivity contribution in [2.75, 3.05) is 6.61 Å². The lowest BCUT2D eigenvalue weighted by atomic mass is 10.8. The minimum Gasteiger partial charge on any atom is -0.519 e. The second kappa shape index (κ2) is 4.57. The molecule has 0 radical (unpaired) electrons. The fourth-order valence-electron chi connectivity index (χ4n) is 0.283. The lowest BCUT2D eigenvalue weighted by molar-refractivity contribution is -0.114. The SMILES string of the molecule is C[SiH](C)C(=O)CO[SiH]=O. The lowest BCUT2D eigenvalue weighted by Gasteiger charge is -1.99. The van der Waals surface area contributed by atoms with E-state index in [4.69, 9.17) is 0 Å². The first kappa shape index (κ1) is 8.70. The van der Waals surface area contributed by atoms with Crippen molar-refractivity contribution < 1.29 is 13.7 Å². The molecule has 0 unspecified atom stereocenters. The normalized spacial score (nSPS) is 9.22. The standard InChI is InChI=1S/C4H10O3Si2/c1-9(2)4(5)3-7-8-6/h8-9H,3H2,1-2H3. The van der Waals surface area contributed by atoms with Crippen molar-refractivity contribution in [1.82, 2.24) is 0 Å². The third-order valence-electron chi connectivity index (χ3n) is 0.938. The smallest absolute Gasteiger partial charge is 0.487 e. The number of hydrogen-bond acceptors (Lipinski definition) is 3. The maximum absolute atomic E-state index is 10.7. The molecule has 0 heterocycles. The van der Waals surface area contributed by atoms with E-state index in [0.717, 1.165) is 0 Å². The minimum atomic E-state index is -1.21. The van der Waals surface area contributed by atoms with Crippen LogP contribution >= 0.6 is 0 Å². The van der Waals surface area contributed by atoms with Crippen molar-refractivity contribution in [3.05, 3.63) is 0 Å². The highest BCUT2D eigenvalue weighted by Gasteiger charge is 2.07. The first-order valence-corrected chi connectivity index (χ1v) is 6.59. The molecule has 0 saturated heterocycles. The van der Waals surface area contributed by atoms with Gasteiger partial charge in [-0.05, 0) is 0 Å². The van der Waals surface area contributed by atoms with Crippen LogP contribution in [-0.4, -0.2) is 30.5 Å². The topological polar surface area (TPSA) is 43.4 Å². The second-order valence-electron chi connectivity index (χ2n) is 2.03. The maximum atomic E-state index is 10.7. The summed E-state index contributed by atoms with van der Waals surface area (Å²) in [5, 5.41) is 0.137. The van der Waals surface area contributed by atoms with Crippen LogP contribution in [0.5, 0.6) is 0 Å². The van der Waals surface area contributed by atoms with Gasteiger partial charge in [0.25, 0.3) is 0 Å². The summed E-state index contributed by atoms with van der Waals surface area (Å²) < 4.78 is 14.3. The van der Waals surface area contributed by atoms with Crippen LogP contribution in [0, 0.1) is 0 Å². The third kappa shape index (κ3) is 4.22. The van der Waals surface area contributed by atoms with Gasteiger partial charge >= 0.3 is 9.65 Å². The van der Waals surface area contributed by atoms with Gasteiger partial charge in [0, 0.05) is 0 Å². The van der Waals surface area contributed by atoms with E-state index in [2.05, 4.69) is 4.43 Å². The molecule has 3 nitrogen and oxygen atoms in total. The van der Waals surface area contributed by atoms with Crippen LogP contribution in [0.4, 0.5) is 0 Å². The van der Waals surface area contributed by atoms with Crippen LogP contribution in [0.2, 0.25) is 13.1 Å². The van der Waals surface area contributed by atoms with E-state index in [-0.39, 0.29) is 12.0 Å². The molecule has 9 heavy (non-hydrogen) atoms. The summed E-state index contributed by atoms with van der Waals surface area (Å²) in [4.78, 5) is 10.7. The van der Waals surface area contributed by atoms with E-state index >= 15 is 0 Å². The summed E-state index contributed by atoms with van der Waals surface area (Å²) >= 11 is 0. The molecule has 0 bridgehead atoms. The number of carbonyl (C=O) groups excluding carboxylic acids is 1. The molecule has 0 aromatic heterocycles. The zero-order valence-electron chi connectivity index (χ0n) is 5.59. The summed E-state index contributed by atoms with van der Waals surface area (Å²) in [5.41, 5.74) is 0. The first-order valence-electron chi connectivity index (χ1n) is 2.76. The molecule has 0 rings (SSSR count). The fraction of sp³-hybridized carbons (Fsp3) is 0.750. The Morgan fingerprint density at radius 3 is 2.56 bits per heavy atom. The Bertz CT molecular complexity index is 112. The molecule has 0 aromatic carbocycles. The molecule has 0 aliphatic rings. The van der Waals surface area contributed by atoms with Crippen LogP contribution in [0.1, 0.15) is 0 Å². The van der Waals surface area contributed by atoms with Crippen LogP contribution in [-0.2, 0) is 13.7 Å². The zero-order chi connectivity index (χ0) is 7.28. The summed E-state index contributed by atoms with van der Waals surface area (Å²) in [5.74, 6) is 0. The predicted octanol–water partition coefficient (Wildman–Crippen LogP) is -0.705. The molecule has 5 heteroatoms. The van der Waals surface area contributed by atoms with Crippen LogP contribution in [0.3, 0.4) is 0 Å². The summed E-state index contributed by atoms with van der Waals surface area (Å²) in [6.07, 6.45) is 0. The predicted molar refractivity (Wildman–Crippen MR) is 37.7 cm³/mol. The van der Waals surface area contributed by atoms with E-state index in [1.165, 1.54) is 0 Å². The van der Waals surface area contributed by atoms with Gasteiger partial charge in [-0.15, -0.1) is 0 Å². The van der Waals surface area contributed by atoms with Gasteiger partial charge in [0.1, 0.15) is 20.8 Å². The molecular formula is C4H10O3Si2.